The van der Waals surface area contributed by atoms with Crippen LogP contribution in [0.4, 0.5) is 0 Å². The number of nitrogens with zero attached hydrogens (tertiary/aromatic N) is 3. The Morgan fingerprint density at radius 3 is 2.81 bits per heavy atom. The van der Waals surface area contributed by atoms with Gasteiger partial charge in [0.15, 0.2) is 5.16 Å². The first-order valence-electron chi connectivity index (χ1n) is 7.44. The fraction of sp³-hybridized carbons (Fsp3) is 0.667. The van der Waals surface area contributed by atoms with Gasteiger partial charge in [0.25, 0.3) is 0 Å². The highest BCUT2D eigenvalue weighted by Gasteiger charge is 2.30. The molecule has 1 saturated carbocycles. The van der Waals surface area contributed by atoms with Crippen molar-refractivity contribution in [1.29, 1.82) is 0 Å². The van der Waals surface area contributed by atoms with E-state index in [9.17, 15) is 4.79 Å². The van der Waals surface area contributed by atoms with Crippen molar-refractivity contribution in [3.05, 3.63) is 18.5 Å². The second-order valence-corrected chi connectivity index (χ2v) is 7.03. The first-order chi connectivity index (χ1) is 9.96. The predicted molar refractivity (Wildman–Crippen MR) is 85.4 cm³/mol. The summed E-state index contributed by atoms with van der Waals surface area (Å²) in [6.45, 7) is 10.6. The van der Waals surface area contributed by atoms with Crippen molar-refractivity contribution in [1.82, 2.24) is 20.1 Å². The van der Waals surface area contributed by atoms with E-state index in [1.165, 1.54) is 24.6 Å². The molecule has 0 aromatic carbocycles. The highest BCUT2D eigenvalue weighted by atomic mass is 32.2. The molecule has 1 aromatic rings. The molecule has 116 valence electrons. The third-order valence-electron chi connectivity index (χ3n) is 3.69. The van der Waals surface area contributed by atoms with E-state index in [1.54, 1.807) is 0 Å². The van der Waals surface area contributed by atoms with Crippen LogP contribution in [0, 0.1) is 0 Å². The Bertz CT molecular complexity index is 520. The largest absolute Gasteiger partial charge is 0.351 e. The summed E-state index contributed by atoms with van der Waals surface area (Å²) >= 11 is 1.44. The number of hydrogen-bond donors (Lipinski definition) is 1. The van der Waals surface area contributed by atoms with E-state index in [0.717, 1.165) is 17.4 Å². The fourth-order valence-electron chi connectivity index (χ4n) is 1.98. The Labute approximate surface area is 130 Å². The summed E-state index contributed by atoms with van der Waals surface area (Å²) < 4.78 is 2.08. The maximum atomic E-state index is 12.0. The number of hydrogen-bond acceptors (Lipinski definition) is 4. The molecular weight excluding hydrogens is 284 g/mol. The van der Waals surface area contributed by atoms with Crippen LogP contribution in [0.1, 0.15) is 51.8 Å². The molecule has 1 aromatic heterocycles. The number of nitrogens with one attached hydrogen (secondary N) is 1. The Hall–Kier alpha value is -1.30. The molecule has 1 fully saturated rings. The Kier molecular flexibility index (Phi) is 5.08. The molecule has 0 aliphatic heterocycles. The molecule has 0 saturated heterocycles. The van der Waals surface area contributed by atoms with Gasteiger partial charge in [0.05, 0.1) is 5.75 Å². The van der Waals surface area contributed by atoms with Crippen LogP contribution < -0.4 is 5.32 Å². The van der Waals surface area contributed by atoms with Gasteiger partial charge in [-0.1, -0.05) is 24.8 Å². The van der Waals surface area contributed by atoms with Crippen molar-refractivity contribution < 1.29 is 4.79 Å². The van der Waals surface area contributed by atoms with Crippen LogP contribution in [-0.4, -0.2) is 32.0 Å². The van der Waals surface area contributed by atoms with E-state index in [1.807, 2.05) is 19.9 Å². The zero-order valence-corrected chi connectivity index (χ0v) is 13.9. The Morgan fingerprint density at radius 1 is 1.52 bits per heavy atom. The molecule has 0 unspecified atom stereocenters. The van der Waals surface area contributed by atoms with Gasteiger partial charge in [-0.15, -0.1) is 16.8 Å². The maximum Gasteiger partial charge on any atom is 0.230 e. The van der Waals surface area contributed by atoms with Crippen LogP contribution in [0.2, 0.25) is 0 Å². The number of rotatable bonds is 8. The van der Waals surface area contributed by atoms with Gasteiger partial charge in [0.2, 0.25) is 5.91 Å². The van der Waals surface area contributed by atoms with Crippen LogP contribution in [0.15, 0.2) is 17.8 Å². The molecule has 0 bridgehead atoms. The van der Waals surface area contributed by atoms with Gasteiger partial charge in [-0.3, -0.25) is 4.79 Å². The zero-order chi connectivity index (χ0) is 15.5. The monoisotopic (exact) mass is 308 g/mol. The molecule has 1 N–H and O–H groups in total. The molecule has 0 atom stereocenters. The smallest absolute Gasteiger partial charge is 0.230 e. The molecule has 1 amide bonds. The van der Waals surface area contributed by atoms with Crippen LogP contribution in [0.5, 0.6) is 0 Å². The molecule has 1 aliphatic rings. The van der Waals surface area contributed by atoms with Crippen LogP contribution >= 0.6 is 11.8 Å². The van der Waals surface area contributed by atoms with Crippen molar-refractivity contribution >= 4 is 17.7 Å². The molecule has 0 spiro atoms. The van der Waals surface area contributed by atoms with Gasteiger partial charge in [-0.25, -0.2) is 0 Å². The summed E-state index contributed by atoms with van der Waals surface area (Å²) in [5.41, 5.74) is -0.161. The molecule has 2 rings (SSSR count). The minimum absolute atomic E-state index is 0.0352. The SMILES string of the molecule is C=CCn1c(SCC(=O)NC(C)(C)CC)nnc1C1CC1. The summed E-state index contributed by atoms with van der Waals surface area (Å²) in [7, 11) is 0. The molecule has 21 heavy (non-hydrogen) atoms. The minimum Gasteiger partial charge on any atom is -0.351 e. The van der Waals surface area contributed by atoms with Gasteiger partial charge in [-0.2, -0.15) is 0 Å². The lowest BCUT2D eigenvalue weighted by atomic mass is 10.0. The summed E-state index contributed by atoms with van der Waals surface area (Å²) in [6.07, 6.45) is 5.12. The Morgan fingerprint density at radius 2 is 2.24 bits per heavy atom. The van der Waals surface area contributed by atoms with E-state index >= 15 is 0 Å². The zero-order valence-electron chi connectivity index (χ0n) is 13.1. The molecule has 1 heterocycles. The third kappa shape index (κ3) is 4.33. The molecule has 0 radical (unpaired) electrons. The van der Waals surface area contributed by atoms with Crippen LogP contribution in [0.25, 0.3) is 0 Å². The lowest BCUT2D eigenvalue weighted by Crippen LogP contribution is -2.43. The predicted octanol–water partition coefficient (Wildman–Crippen LogP) is 2.74. The van der Waals surface area contributed by atoms with Crippen molar-refractivity contribution in [3.63, 3.8) is 0 Å². The average molecular weight is 308 g/mol. The maximum absolute atomic E-state index is 12.0. The van der Waals surface area contributed by atoms with Crippen molar-refractivity contribution in [2.75, 3.05) is 5.75 Å². The number of amides is 1. The molecule has 1 aliphatic carbocycles. The summed E-state index contributed by atoms with van der Waals surface area (Å²) in [5, 5.41) is 12.3. The third-order valence-corrected chi connectivity index (χ3v) is 4.66. The molecule has 5 nitrogen and oxygen atoms in total. The first kappa shape index (κ1) is 16.1. The second kappa shape index (κ2) is 6.64. The lowest BCUT2D eigenvalue weighted by Gasteiger charge is -2.24. The highest BCUT2D eigenvalue weighted by Crippen LogP contribution is 2.40. The number of aromatic nitrogens is 3. The van der Waals surface area contributed by atoms with Crippen molar-refractivity contribution in [2.45, 2.75) is 63.2 Å². The number of thioether (sulfide) groups is 1. The van der Waals surface area contributed by atoms with E-state index in [0.29, 0.717) is 18.2 Å². The Balaban J connectivity index is 1.96. The van der Waals surface area contributed by atoms with Gasteiger partial charge in [0.1, 0.15) is 5.82 Å². The second-order valence-electron chi connectivity index (χ2n) is 6.09. The average Bonchev–Trinajstić information content (AvgIpc) is 3.19. The van der Waals surface area contributed by atoms with Gasteiger partial charge in [-0.05, 0) is 33.1 Å². The fourth-order valence-corrected chi connectivity index (χ4v) is 2.74. The van der Waals surface area contributed by atoms with Crippen molar-refractivity contribution in [3.8, 4) is 0 Å². The molecule has 6 heteroatoms. The number of allylic oxidation sites excluding steroid dienone is 1. The summed E-state index contributed by atoms with van der Waals surface area (Å²) in [4.78, 5) is 12.0. The van der Waals surface area contributed by atoms with Crippen LogP contribution in [-0.2, 0) is 11.3 Å². The topological polar surface area (TPSA) is 59.8 Å². The standard InChI is InChI=1S/C15H24N4OS/c1-5-9-19-13(11-7-8-11)17-18-14(19)21-10-12(20)16-15(3,4)6-2/h5,11H,1,6-10H2,2-4H3,(H,16,20). The quantitative estimate of drug-likeness (QED) is 0.592. The summed E-state index contributed by atoms with van der Waals surface area (Å²) in [6, 6.07) is 0. The van der Waals surface area contributed by atoms with E-state index in [4.69, 9.17) is 0 Å². The van der Waals surface area contributed by atoms with Gasteiger partial charge >= 0.3 is 0 Å². The lowest BCUT2D eigenvalue weighted by molar-refractivity contribution is -0.120. The molecular formula is C15H24N4OS. The van der Waals surface area contributed by atoms with E-state index in [2.05, 4.69) is 33.6 Å². The van der Waals surface area contributed by atoms with Crippen LogP contribution in [0.3, 0.4) is 0 Å². The number of carbonyl (C=O) groups is 1. The van der Waals surface area contributed by atoms with Gasteiger partial charge in [0, 0.05) is 18.0 Å². The highest BCUT2D eigenvalue weighted by molar-refractivity contribution is 7.99. The normalized spacial score (nSPS) is 15.0. The minimum atomic E-state index is -0.161. The first-order valence-corrected chi connectivity index (χ1v) is 8.43. The summed E-state index contributed by atoms with van der Waals surface area (Å²) in [5.74, 6) is 1.97. The van der Waals surface area contributed by atoms with E-state index in [-0.39, 0.29) is 11.4 Å². The number of carbonyl (C=O) groups excluding carboxylic acids is 1. The van der Waals surface area contributed by atoms with Gasteiger partial charge < -0.3 is 9.88 Å². The van der Waals surface area contributed by atoms with Crippen molar-refractivity contribution in [2.24, 2.45) is 0 Å². The van der Waals surface area contributed by atoms with E-state index < -0.39 is 0 Å².